The standard InChI is InChI=1S/C11H6F3N3O3/c12-11(13,14)8-1-2-9(17-16-8)20-7-5-15-4-3-6(7)10(18)19/h1-5H,(H,18,19). The van der Waals surface area contributed by atoms with Gasteiger partial charge in [0.1, 0.15) is 5.56 Å². The normalized spacial score (nSPS) is 11.2. The molecule has 0 atom stereocenters. The number of rotatable bonds is 3. The van der Waals surface area contributed by atoms with Crippen LogP contribution in [0.25, 0.3) is 0 Å². The molecule has 0 aliphatic carbocycles. The molecule has 2 heterocycles. The number of aromatic nitrogens is 3. The number of carbonyl (C=O) groups is 1. The summed E-state index contributed by atoms with van der Waals surface area (Å²) in [4.78, 5) is 14.6. The highest BCUT2D eigenvalue weighted by atomic mass is 19.4. The van der Waals surface area contributed by atoms with Gasteiger partial charge in [0.15, 0.2) is 11.4 Å². The van der Waals surface area contributed by atoms with Crippen LogP contribution in [0.4, 0.5) is 13.2 Å². The Balaban J connectivity index is 2.25. The van der Waals surface area contributed by atoms with E-state index in [0.717, 1.165) is 12.3 Å². The Labute approximate surface area is 109 Å². The van der Waals surface area contributed by atoms with Crippen molar-refractivity contribution in [3.8, 4) is 11.6 Å². The van der Waals surface area contributed by atoms with Crippen LogP contribution in [0.5, 0.6) is 11.6 Å². The number of ether oxygens (including phenoxy) is 1. The molecule has 2 aromatic rings. The van der Waals surface area contributed by atoms with Crippen molar-refractivity contribution >= 4 is 5.97 Å². The maximum absolute atomic E-state index is 12.3. The Kier molecular flexibility index (Phi) is 3.51. The SMILES string of the molecule is O=C(O)c1ccncc1Oc1ccc(C(F)(F)F)nn1. The zero-order valence-corrected chi connectivity index (χ0v) is 9.63. The van der Waals surface area contributed by atoms with Gasteiger partial charge in [-0.2, -0.15) is 13.2 Å². The van der Waals surface area contributed by atoms with Crippen LogP contribution in [0, 0.1) is 0 Å². The lowest BCUT2D eigenvalue weighted by Crippen LogP contribution is -2.09. The summed E-state index contributed by atoms with van der Waals surface area (Å²) < 4.78 is 41.9. The fourth-order valence-corrected chi connectivity index (χ4v) is 1.28. The van der Waals surface area contributed by atoms with E-state index in [1.807, 2.05) is 0 Å². The Morgan fingerprint density at radius 3 is 2.50 bits per heavy atom. The zero-order valence-electron chi connectivity index (χ0n) is 9.63. The second-order valence-electron chi connectivity index (χ2n) is 3.53. The lowest BCUT2D eigenvalue weighted by atomic mass is 10.2. The molecule has 0 fully saturated rings. The molecule has 0 aromatic carbocycles. The zero-order chi connectivity index (χ0) is 14.8. The number of halogens is 3. The van der Waals surface area contributed by atoms with Crippen LogP contribution in [0.15, 0.2) is 30.6 Å². The van der Waals surface area contributed by atoms with Crippen LogP contribution in [0.3, 0.4) is 0 Å². The highest BCUT2D eigenvalue weighted by molar-refractivity contribution is 5.90. The van der Waals surface area contributed by atoms with Gasteiger partial charge in [-0.25, -0.2) is 4.79 Å². The second kappa shape index (κ2) is 5.11. The van der Waals surface area contributed by atoms with E-state index >= 15 is 0 Å². The molecule has 0 saturated carbocycles. The van der Waals surface area contributed by atoms with Gasteiger partial charge in [0.25, 0.3) is 0 Å². The summed E-state index contributed by atoms with van der Waals surface area (Å²) in [5.74, 6) is -1.68. The van der Waals surface area contributed by atoms with Crippen molar-refractivity contribution in [3.63, 3.8) is 0 Å². The Bertz CT molecular complexity index is 629. The first-order valence-corrected chi connectivity index (χ1v) is 5.14. The third-order valence-electron chi connectivity index (χ3n) is 2.16. The summed E-state index contributed by atoms with van der Waals surface area (Å²) in [7, 11) is 0. The topological polar surface area (TPSA) is 85.2 Å². The number of aromatic carboxylic acids is 1. The quantitative estimate of drug-likeness (QED) is 0.931. The fourth-order valence-electron chi connectivity index (χ4n) is 1.28. The van der Waals surface area contributed by atoms with E-state index in [-0.39, 0.29) is 17.2 Å². The molecular formula is C11H6F3N3O3. The van der Waals surface area contributed by atoms with E-state index in [9.17, 15) is 18.0 Å². The van der Waals surface area contributed by atoms with E-state index in [2.05, 4.69) is 15.2 Å². The van der Waals surface area contributed by atoms with Crippen LogP contribution in [-0.4, -0.2) is 26.3 Å². The van der Waals surface area contributed by atoms with Crippen LogP contribution < -0.4 is 4.74 Å². The van der Waals surface area contributed by atoms with Crippen molar-refractivity contribution in [1.29, 1.82) is 0 Å². The first kappa shape index (κ1) is 13.7. The molecule has 20 heavy (non-hydrogen) atoms. The van der Waals surface area contributed by atoms with Gasteiger partial charge in [0, 0.05) is 12.3 Å². The molecule has 0 bridgehead atoms. The van der Waals surface area contributed by atoms with Crippen molar-refractivity contribution in [2.45, 2.75) is 6.18 Å². The smallest absolute Gasteiger partial charge is 0.435 e. The molecule has 0 radical (unpaired) electrons. The number of pyridine rings is 1. The fraction of sp³-hybridized carbons (Fsp3) is 0.0909. The highest BCUT2D eigenvalue weighted by Gasteiger charge is 2.33. The first-order valence-electron chi connectivity index (χ1n) is 5.14. The molecule has 2 rings (SSSR count). The summed E-state index contributed by atoms with van der Waals surface area (Å²) in [5, 5.41) is 15.1. The van der Waals surface area contributed by atoms with Gasteiger partial charge >= 0.3 is 12.1 Å². The first-order chi connectivity index (χ1) is 9.38. The van der Waals surface area contributed by atoms with Crippen LogP contribution in [0.2, 0.25) is 0 Å². The molecule has 0 spiro atoms. The van der Waals surface area contributed by atoms with Crippen molar-refractivity contribution in [2.75, 3.05) is 0 Å². The number of hydrogen-bond acceptors (Lipinski definition) is 5. The predicted octanol–water partition coefficient (Wildman–Crippen LogP) is 2.38. The van der Waals surface area contributed by atoms with Gasteiger partial charge in [-0.3, -0.25) is 4.98 Å². The van der Waals surface area contributed by atoms with Crippen molar-refractivity contribution in [1.82, 2.24) is 15.2 Å². The molecule has 0 amide bonds. The average Bonchev–Trinajstić information content (AvgIpc) is 2.38. The molecule has 9 heteroatoms. The summed E-state index contributed by atoms with van der Waals surface area (Å²) >= 11 is 0. The van der Waals surface area contributed by atoms with Crippen LogP contribution in [-0.2, 0) is 6.18 Å². The minimum Gasteiger partial charge on any atom is -0.478 e. The van der Waals surface area contributed by atoms with Crippen molar-refractivity contribution < 1.29 is 27.8 Å². The molecule has 0 unspecified atom stereocenters. The number of alkyl halides is 3. The van der Waals surface area contributed by atoms with Gasteiger partial charge in [-0.1, -0.05) is 0 Å². The largest absolute Gasteiger partial charge is 0.478 e. The van der Waals surface area contributed by atoms with E-state index in [0.29, 0.717) is 6.07 Å². The van der Waals surface area contributed by atoms with Gasteiger partial charge < -0.3 is 9.84 Å². The molecule has 6 nitrogen and oxygen atoms in total. The van der Waals surface area contributed by atoms with Gasteiger partial charge in [-0.15, -0.1) is 10.2 Å². The number of hydrogen-bond donors (Lipinski definition) is 1. The molecule has 0 aliphatic rings. The molecular weight excluding hydrogens is 279 g/mol. The van der Waals surface area contributed by atoms with E-state index in [1.165, 1.54) is 12.3 Å². The van der Waals surface area contributed by atoms with E-state index < -0.39 is 17.8 Å². The molecule has 104 valence electrons. The molecule has 1 N–H and O–H groups in total. The number of nitrogens with zero attached hydrogens (tertiary/aromatic N) is 3. The maximum atomic E-state index is 12.3. The maximum Gasteiger partial charge on any atom is 0.435 e. The van der Waals surface area contributed by atoms with Gasteiger partial charge in [-0.05, 0) is 12.1 Å². The Morgan fingerprint density at radius 2 is 1.95 bits per heavy atom. The third-order valence-corrected chi connectivity index (χ3v) is 2.16. The number of carboxylic acids is 1. The highest BCUT2D eigenvalue weighted by Crippen LogP contribution is 2.28. The summed E-state index contributed by atoms with van der Waals surface area (Å²) in [6.07, 6.45) is -2.25. The molecule has 0 saturated heterocycles. The van der Waals surface area contributed by atoms with Gasteiger partial charge in [0.05, 0.1) is 6.20 Å². The average molecular weight is 285 g/mol. The lowest BCUT2D eigenvalue weighted by molar-refractivity contribution is -0.141. The van der Waals surface area contributed by atoms with E-state index in [4.69, 9.17) is 9.84 Å². The Hall–Kier alpha value is -2.71. The van der Waals surface area contributed by atoms with Crippen LogP contribution in [0.1, 0.15) is 16.1 Å². The predicted molar refractivity (Wildman–Crippen MR) is 58.3 cm³/mol. The van der Waals surface area contributed by atoms with Crippen molar-refractivity contribution in [2.24, 2.45) is 0 Å². The van der Waals surface area contributed by atoms with E-state index in [1.54, 1.807) is 0 Å². The number of carboxylic acid groups (broad SMARTS) is 1. The third kappa shape index (κ3) is 2.99. The summed E-state index contributed by atoms with van der Waals surface area (Å²) in [6, 6.07) is 2.81. The summed E-state index contributed by atoms with van der Waals surface area (Å²) in [6.45, 7) is 0. The molecule has 0 aliphatic heterocycles. The Morgan fingerprint density at radius 1 is 1.20 bits per heavy atom. The minimum atomic E-state index is -4.61. The molecule has 2 aromatic heterocycles. The lowest BCUT2D eigenvalue weighted by Gasteiger charge is -2.08. The minimum absolute atomic E-state index is 0.144. The van der Waals surface area contributed by atoms with Gasteiger partial charge in [0.2, 0.25) is 5.88 Å². The van der Waals surface area contributed by atoms with Crippen LogP contribution >= 0.6 is 0 Å². The summed E-state index contributed by atoms with van der Waals surface area (Å²) in [5.41, 5.74) is -1.36. The van der Waals surface area contributed by atoms with Crippen molar-refractivity contribution in [3.05, 3.63) is 41.9 Å². The second-order valence-corrected chi connectivity index (χ2v) is 3.53. The monoisotopic (exact) mass is 285 g/mol.